The third-order valence-electron chi connectivity index (χ3n) is 6.30. The van der Waals surface area contributed by atoms with Crippen LogP contribution in [0.4, 0.5) is 0 Å². The summed E-state index contributed by atoms with van der Waals surface area (Å²) in [5.74, 6) is 1.76. The molecule has 0 aromatic heterocycles. The Labute approximate surface area is 186 Å². The Morgan fingerprint density at radius 2 is 1.61 bits per heavy atom. The van der Waals surface area contributed by atoms with E-state index >= 15 is 0 Å². The lowest BCUT2D eigenvalue weighted by Gasteiger charge is -2.30. The summed E-state index contributed by atoms with van der Waals surface area (Å²) in [6.07, 6.45) is 0. The fraction of sp³-hybridized carbons (Fsp3) is 0.480. The number of rotatable bonds is 8. The van der Waals surface area contributed by atoms with Gasteiger partial charge in [-0.3, -0.25) is 4.79 Å². The Balaban J connectivity index is 1.46. The minimum Gasteiger partial charge on any atom is -0.493 e. The largest absolute Gasteiger partial charge is 0.493 e. The number of amides is 1. The molecule has 1 saturated heterocycles. The van der Waals surface area contributed by atoms with Gasteiger partial charge >= 0.3 is 0 Å². The van der Waals surface area contributed by atoms with Crippen LogP contribution in [0.5, 0.6) is 11.5 Å². The number of carbonyl (C=O) groups excluding carboxylic acids is 1. The maximum atomic E-state index is 12.8. The fourth-order valence-electron chi connectivity index (χ4n) is 4.31. The smallest absolute Gasteiger partial charge is 0.277 e. The molecule has 6 heteroatoms. The highest BCUT2D eigenvalue weighted by atomic mass is 16.5. The number of benzene rings is 2. The first kappa shape index (κ1) is 23.1. The molecule has 1 heterocycles. The number of nitrogens with one attached hydrogen (secondary N) is 2. The molecule has 6 nitrogen and oxygen atoms in total. The van der Waals surface area contributed by atoms with Gasteiger partial charge in [0.15, 0.2) is 18.0 Å². The Morgan fingerprint density at radius 3 is 2.26 bits per heavy atom. The van der Waals surface area contributed by atoms with E-state index in [9.17, 15) is 4.79 Å². The lowest BCUT2D eigenvalue weighted by atomic mass is 10.1. The molecule has 0 aliphatic carbocycles. The van der Waals surface area contributed by atoms with Crippen LogP contribution in [0.15, 0.2) is 36.4 Å². The number of carbonyl (C=O) groups is 1. The first-order valence-corrected chi connectivity index (χ1v) is 11.1. The van der Waals surface area contributed by atoms with Crippen LogP contribution in [0.25, 0.3) is 0 Å². The van der Waals surface area contributed by atoms with Gasteiger partial charge in [-0.1, -0.05) is 23.8 Å². The van der Waals surface area contributed by atoms with Crippen molar-refractivity contribution in [2.24, 2.45) is 0 Å². The number of piperazine rings is 1. The van der Waals surface area contributed by atoms with E-state index in [0.717, 1.165) is 44.2 Å². The molecule has 0 spiro atoms. The molecule has 1 amide bonds. The zero-order valence-corrected chi connectivity index (χ0v) is 19.6. The van der Waals surface area contributed by atoms with Crippen LogP contribution in [0.1, 0.15) is 22.3 Å². The third-order valence-corrected chi connectivity index (χ3v) is 6.30. The summed E-state index contributed by atoms with van der Waals surface area (Å²) in [5.41, 5.74) is 4.98. The van der Waals surface area contributed by atoms with E-state index in [0.29, 0.717) is 13.1 Å². The summed E-state index contributed by atoms with van der Waals surface area (Å²) in [4.78, 5) is 17.6. The van der Waals surface area contributed by atoms with Crippen LogP contribution < -0.4 is 19.3 Å². The Kier molecular flexibility index (Phi) is 7.93. The van der Waals surface area contributed by atoms with Crippen LogP contribution in [0.2, 0.25) is 0 Å². The van der Waals surface area contributed by atoms with Gasteiger partial charge in [-0.05, 0) is 43.2 Å². The highest BCUT2D eigenvalue weighted by molar-refractivity contribution is 5.76. The average molecular weight is 428 g/mol. The molecule has 1 aliphatic heterocycles. The Bertz CT molecular complexity index is 892. The predicted octanol–water partition coefficient (Wildman–Crippen LogP) is 0.263. The first-order chi connectivity index (χ1) is 14.9. The summed E-state index contributed by atoms with van der Waals surface area (Å²) in [6.45, 7) is 10.6. The van der Waals surface area contributed by atoms with Crippen molar-refractivity contribution in [1.82, 2.24) is 4.90 Å². The molecule has 2 aromatic carbocycles. The number of hydrogen-bond donors (Lipinski definition) is 2. The van der Waals surface area contributed by atoms with Crippen molar-refractivity contribution >= 4 is 5.91 Å². The van der Waals surface area contributed by atoms with Crippen LogP contribution in [0.3, 0.4) is 0 Å². The minimum atomic E-state index is 0.221. The minimum absolute atomic E-state index is 0.221. The molecular formula is C25H37N3O3+2. The van der Waals surface area contributed by atoms with E-state index in [1.54, 1.807) is 19.1 Å². The van der Waals surface area contributed by atoms with Gasteiger partial charge in [0.05, 0.1) is 14.2 Å². The predicted molar refractivity (Wildman–Crippen MR) is 122 cm³/mol. The quantitative estimate of drug-likeness (QED) is 0.636. The van der Waals surface area contributed by atoms with Crippen molar-refractivity contribution in [2.45, 2.75) is 26.9 Å². The molecule has 1 fully saturated rings. The van der Waals surface area contributed by atoms with Crippen LogP contribution in [0, 0.1) is 13.8 Å². The molecule has 0 bridgehead atoms. The summed E-state index contributed by atoms with van der Waals surface area (Å²) in [5, 5.41) is 0. The van der Waals surface area contributed by atoms with Crippen LogP contribution in [-0.4, -0.2) is 64.8 Å². The third kappa shape index (κ3) is 6.21. The van der Waals surface area contributed by atoms with E-state index in [1.165, 1.54) is 27.2 Å². The number of nitrogens with zero attached hydrogens (tertiary/aromatic N) is 1. The molecule has 2 aromatic rings. The maximum absolute atomic E-state index is 12.8. The van der Waals surface area contributed by atoms with Gasteiger partial charge in [0, 0.05) is 19.2 Å². The van der Waals surface area contributed by atoms with E-state index in [4.69, 9.17) is 9.47 Å². The zero-order chi connectivity index (χ0) is 22.4. The molecule has 1 aliphatic rings. The van der Waals surface area contributed by atoms with E-state index in [-0.39, 0.29) is 5.91 Å². The van der Waals surface area contributed by atoms with Gasteiger partial charge in [-0.25, -0.2) is 0 Å². The molecule has 3 rings (SSSR count). The summed E-state index contributed by atoms with van der Waals surface area (Å²) < 4.78 is 10.8. The van der Waals surface area contributed by atoms with Crippen molar-refractivity contribution in [3.05, 3.63) is 58.7 Å². The molecule has 0 radical (unpaired) electrons. The normalized spacial score (nSPS) is 18.5. The molecule has 31 heavy (non-hydrogen) atoms. The second-order valence-electron chi connectivity index (χ2n) is 8.72. The van der Waals surface area contributed by atoms with Gasteiger partial charge in [0.1, 0.15) is 32.7 Å². The maximum Gasteiger partial charge on any atom is 0.277 e. The van der Waals surface area contributed by atoms with E-state index in [1.807, 2.05) is 18.0 Å². The van der Waals surface area contributed by atoms with Crippen LogP contribution >= 0.6 is 0 Å². The highest BCUT2D eigenvalue weighted by Crippen LogP contribution is 2.27. The topological polar surface area (TPSA) is 47.7 Å². The average Bonchev–Trinajstić information content (AvgIpc) is 2.76. The Morgan fingerprint density at radius 1 is 0.935 bits per heavy atom. The number of hydrogen-bond acceptors (Lipinski definition) is 3. The van der Waals surface area contributed by atoms with Crippen LogP contribution in [-0.2, 0) is 17.9 Å². The second kappa shape index (κ2) is 10.6. The lowest BCUT2D eigenvalue weighted by Crippen LogP contribution is -3.28. The lowest BCUT2D eigenvalue weighted by molar-refractivity contribution is -1.02. The van der Waals surface area contributed by atoms with Gasteiger partial charge in [0.25, 0.3) is 5.91 Å². The summed E-state index contributed by atoms with van der Waals surface area (Å²) >= 11 is 0. The number of likely N-dealkylation sites (N-methyl/N-ethyl adjacent to an activating group) is 1. The fourth-order valence-corrected chi connectivity index (χ4v) is 4.31. The molecule has 0 atom stereocenters. The number of quaternary nitrogens is 2. The zero-order valence-electron chi connectivity index (χ0n) is 19.6. The van der Waals surface area contributed by atoms with E-state index in [2.05, 4.69) is 44.2 Å². The van der Waals surface area contributed by atoms with Gasteiger partial charge < -0.3 is 24.2 Å². The van der Waals surface area contributed by atoms with Gasteiger partial charge in [-0.2, -0.15) is 0 Å². The monoisotopic (exact) mass is 427 g/mol. The standard InChI is InChI=1S/C25H35N3O3/c1-19-6-8-22(20(2)14-19)17-26(3)25(29)18-28-12-10-27(11-13-28)16-21-7-9-23(30-4)24(15-21)31-5/h6-9,14-15H,10-13,16-18H2,1-5H3/p+2. The van der Waals surface area contributed by atoms with Crippen molar-refractivity contribution in [1.29, 1.82) is 0 Å². The number of aryl methyl sites for hydroxylation is 2. The van der Waals surface area contributed by atoms with Gasteiger partial charge in [-0.15, -0.1) is 0 Å². The number of ether oxygens (including phenoxy) is 2. The second-order valence-corrected chi connectivity index (χ2v) is 8.72. The van der Waals surface area contributed by atoms with Crippen molar-refractivity contribution in [3.8, 4) is 11.5 Å². The van der Waals surface area contributed by atoms with Crippen molar-refractivity contribution in [2.75, 3.05) is 54.0 Å². The number of methoxy groups -OCH3 is 2. The van der Waals surface area contributed by atoms with Crippen molar-refractivity contribution in [3.63, 3.8) is 0 Å². The van der Waals surface area contributed by atoms with Crippen molar-refractivity contribution < 1.29 is 24.1 Å². The Hall–Kier alpha value is -2.57. The molecule has 0 unspecified atom stereocenters. The SMILES string of the molecule is COc1ccc(C[NH+]2CC[NH+](CC(=O)N(C)Cc3ccc(C)cc3C)CC2)cc1OC. The molecular weight excluding hydrogens is 390 g/mol. The molecule has 168 valence electrons. The van der Waals surface area contributed by atoms with Gasteiger partial charge in [0.2, 0.25) is 0 Å². The highest BCUT2D eigenvalue weighted by Gasteiger charge is 2.26. The molecule has 0 saturated carbocycles. The van der Waals surface area contributed by atoms with E-state index < -0.39 is 0 Å². The summed E-state index contributed by atoms with van der Waals surface area (Å²) in [7, 11) is 5.25. The molecule has 2 N–H and O–H groups in total. The summed E-state index contributed by atoms with van der Waals surface area (Å²) in [6, 6.07) is 12.6. The first-order valence-electron chi connectivity index (χ1n) is 11.1.